The second-order valence-corrected chi connectivity index (χ2v) is 4.98. The van der Waals surface area contributed by atoms with E-state index in [0.29, 0.717) is 0 Å². The van der Waals surface area contributed by atoms with Gasteiger partial charge < -0.3 is 4.74 Å². The van der Waals surface area contributed by atoms with Gasteiger partial charge in [0.25, 0.3) is 0 Å². The molecule has 0 bridgehead atoms. The van der Waals surface area contributed by atoms with Gasteiger partial charge >= 0.3 is 0 Å². The number of aryl methyl sites for hydroxylation is 1. The molecule has 0 unspecified atom stereocenters. The van der Waals surface area contributed by atoms with Crippen LogP contribution in [0.1, 0.15) is 11.1 Å². The summed E-state index contributed by atoms with van der Waals surface area (Å²) in [7, 11) is 1.65. The standard InChI is InChI=1S/C18H17N3O/c1-13-11-18(20-17-6-4-3-5-16(13)17)21-19-12-14-7-9-15(22-2)10-8-14/h3-12H,1-2H3,(H,20,21). The highest BCUT2D eigenvalue weighted by Gasteiger charge is 2.00. The van der Waals surface area contributed by atoms with E-state index in [1.165, 1.54) is 5.56 Å². The number of anilines is 1. The summed E-state index contributed by atoms with van der Waals surface area (Å²) in [5.74, 6) is 1.57. The number of methoxy groups -OCH3 is 1. The average Bonchev–Trinajstić information content (AvgIpc) is 2.56. The number of benzene rings is 2. The van der Waals surface area contributed by atoms with Crippen LogP contribution < -0.4 is 10.2 Å². The summed E-state index contributed by atoms with van der Waals surface area (Å²) < 4.78 is 5.13. The Kier molecular flexibility index (Phi) is 4.01. The molecule has 4 heteroatoms. The second kappa shape index (κ2) is 6.26. The molecule has 0 saturated heterocycles. The first-order valence-corrected chi connectivity index (χ1v) is 7.06. The number of hydrogen-bond acceptors (Lipinski definition) is 4. The molecule has 22 heavy (non-hydrogen) atoms. The largest absolute Gasteiger partial charge is 0.497 e. The molecule has 0 saturated carbocycles. The maximum atomic E-state index is 5.13. The van der Waals surface area contributed by atoms with Crippen molar-refractivity contribution in [3.8, 4) is 5.75 Å². The molecule has 0 spiro atoms. The quantitative estimate of drug-likeness (QED) is 0.584. The van der Waals surface area contributed by atoms with Gasteiger partial charge in [0.2, 0.25) is 0 Å². The van der Waals surface area contributed by atoms with Gasteiger partial charge in [-0.15, -0.1) is 0 Å². The summed E-state index contributed by atoms with van der Waals surface area (Å²) >= 11 is 0. The number of pyridine rings is 1. The molecule has 4 nitrogen and oxygen atoms in total. The molecule has 2 aromatic carbocycles. The summed E-state index contributed by atoms with van der Waals surface area (Å²) in [5, 5.41) is 5.40. The zero-order chi connectivity index (χ0) is 15.4. The van der Waals surface area contributed by atoms with Crippen molar-refractivity contribution < 1.29 is 4.74 Å². The lowest BCUT2D eigenvalue weighted by Gasteiger charge is -2.05. The molecule has 0 radical (unpaired) electrons. The van der Waals surface area contributed by atoms with Crippen LogP contribution >= 0.6 is 0 Å². The fraction of sp³-hybridized carbons (Fsp3) is 0.111. The molecule has 1 N–H and O–H groups in total. The van der Waals surface area contributed by atoms with Crippen LogP contribution in [-0.2, 0) is 0 Å². The molecule has 1 heterocycles. The fourth-order valence-electron chi connectivity index (χ4n) is 2.27. The maximum Gasteiger partial charge on any atom is 0.147 e. The van der Waals surface area contributed by atoms with Gasteiger partial charge in [0.15, 0.2) is 0 Å². The number of aromatic nitrogens is 1. The molecule has 0 aliphatic rings. The third kappa shape index (κ3) is 3.06. The Balaban J connectivity index is 1.76. The van der Waals surface area contributed by atoms with Gasteiger partial charge in [-0.2, -0.15) is 5.10 Å². The Morgan fingerprint density at radius 2 is 1.86 bits per heavy atom. The molecule has 0 aliphatic carbocycles. The van der Waals surface area contributed by atoms with Crippen LogP contribution in [0, 0.1) is 6.92 Å². The van der Waals surface area contributed by atoms with Crippen molar-refractivity contribution in [1.29, 1.82) is 0 Å². The summed E-state index contributed by atoms with van der Waals surface area (Å²) in [5.41, 5.74) is 6.11. The van der Waals surface area contributed by atoms with Gasteiger partial charge in [0.1, 0.15) is 11.6 Å². The molecular weight excluding hydrogens is 274 g/mol. The normalized spacial score (nSPS) is 11.0. The number of para-hydroxylation sites is 1. The first-order chi connectivity index (χ1) is 10.8. The van der Waals surface area contributed by atoms with Crippen LogP contribution in [0.4, 0.5) is 5.82 Å². The first kappa shape index (κ1) is 14.1. The van der Waals surface area contributed by atoms with Crippen molar-refractivity contribution in [3.05, 3.63) is 65.7 Å². The predicted octanol–water partition coefficient (Wildman–Crippen LogP) is 4.00. The van der Waals surface area contributed by atoms with Gasteiger partial charge in [0.05, 0.1) is 18.8 Å². The van der Waals surface area contributed by atoms with Crippen LogP contribution in [0.2, 0.25) is 0 Å². The summed E-state index contributed by atoms with van der Waals surface area (Å²) in [4.78, 5) is 4.55. The van der Waals surface area contributed by atoms with Crippen molar-refractivity contribution >= 4 is 22.9 Å². The van der Waals surface area contributed by atoms with E-state index in [9.17, 15) is 0 Å². The van der Waals surface area contributed by atoms with Crippen LogP contribution in [-0.4, -0.2) is 18.3 Å². The summed E-state index contributed by atoms with van der Waals surface area (Å²) in [6.07, 6.45) is 1.76. The number of hydrogen-bond donors (Lipinski definition) is 1. The van der Waals surface area contributed by atoms with Gasteiger partial charge in [-0.05, 0) is 54.4 Å². The minimum atomic E-state index is 0.737. The Morgan fingerprint density at radius 3 is 2.64 bits per heavy atom. The maximum absolute atomic E-state index is 5.13. The lowest BCUT2D eigenvalue weighted by molar-refractivity contribution is 0.415. The van der Waals surface area contributed by atoms with E-state index in [1.54, 1.807) is 13.3 Å². The Morgan fingerprint density at radius 1 is 1.09 bits per heavy atom. The molecular formula is C18H17N3O. The Hall–Kier alpha value is -2.88. The Labute approximate surface area is 129 Å². The van der Waals surface area contributed by atoms with Crippen molar-refractivity contribution in [1.82, 2.24) is 4.98 Å². The SMILES string of the molecule is COc1ccc(C=NNc2cc(C)c3ccccc3n2)cc1. The number of hydrazone groups is 1. The summed E-state index contributed by atoms with van der Waals surface area (Å²) in [6, 6.07) is 17.8. The van der Waals surface area contributed by atoms with Crippen molar-refractivity contribution in [2.75, 3.05) is 12.5 Å². The lowest BCUT2D eigenvalue weighted by Crippen LogP contribution is -1.95. The number of nitrogens with one attached hydrogen (secondary N) is 1. The molecule has 110 valence electrons. The minimum Gasteiger partial charge on any atom is -0.497 e. The predicted molar refractivity (Wildman–Crippen MR) is 90.7 cm³/mol. The first-order valence-electron chi connectivity index (χ1n) is 7.06. The fourth-order valence-corrected chi connectivity index (χ4v) is 2.27. The van der Waals surface area contributed by atoms with Crippen molar-refractivity contribution in [2.24, 2.45) is 5.10 Å². The van der Waals surface area contributed by atoms with Crippen molar-refractivity contribution in [2.45, 2.75) is 6.92 Å². The molecule has 0 aliphatic heterocycles. The third-order valence-electron chi connectivity index (χ3n) is 3.43. The lowest BCUT2D eigenvalue weighted by atomic mass is 10.1. The van der Waals surface area contributed by atoms with E-state index in [2.05, 4.69) is 28.5 Å². The van der Waals surface area contributed by atoms with Crippen LogP contribution in [0.5, 0.6) is 5.75 Å². The zero-order valence-electron chi connectivity index (χ0n) is 12.6. The van der Waals surface area contributed by atoms with Crippen LogP contribution in [0.3, 0.4) is 0 Å². The van der Waals surface area contributed by atoms with Gasteiger partial charge in [-0.3, -0.25) is 5.43 Å². The number of fused-ring (bicyclic) bond motifs is 1. The Bertz CT molecular complexity index is 810. The van der Waals surface area contributed by atoms with Gasteiger partial charge in [0, 0.05) is 5.39 Å². The monoisotopic (exact) mass is 291 g/mol. The number of ether oxygens (including phenoxy) is 1. The average molecular weight is 291 g/mol. The third-order valence-corrected chi connectivity index (χ3v) is 3.43. The van der Waals surface area contributed by atoms with E-state index < -0.39 is 0 Å². The highest BCUT2D eigenvalue weighted by molar-refractivity contribution is 5.84. The molecule has 3 aromatic rings. The second-order valence-electron chi connectivity index (χ2n) is 4.98. The van der Waals surface area contributed by atoms with E-state index in [0.717, 1.165) is 28.0 Å². The molecule has 1 aromatic heterocycles. The van der Waals surface area contributed by atoms with E-state index in [-0.39, 0.29) is 0 Å². The smallest absolute Gasteiger partial charge is 0.147 e. The molecule has 3 rings (SSSR count). The van der Waals surface area contributed by atoms with Crippen LogP contribution in [0.15, 0.2) is 59.7 Å². The van der Waals surface area contributed by atoms with Gasteiger partial charge in [-0.1, -0.05) is 18.2 Å². The van der Waals surface area contributed by atoms with Crippen molar-refractivity contribution in [3.63, 3.8) is 0 Å². The van der Waals surface area contributed by atoms with E-state index >= 15 is 0 Å². The van der Waals surface area contributed by atoms with E-state index in [1.807, 2.05) is 48.5 Å². The highest BCUT2D eigenvalue weighted by atomic mass is 16.5. The summed E-state index contributed by atoms with van der Waals surface area (Å²) in [6.45, 7) is 2.07. The topological polar surface area (TPSA) is 46.5 Å². The molecule has 0 fully saturated rings. The molecule has 0 amide bonds. The number of rotatable bonds is 4. The van der Waals surface area contributed by atoms with Crippen LogP contribution in [0.25, 0.3) is 10.9 Å². The van der Waals surface area contributed by atoms with Gasteiger partial charge in [-0.25, -0.2) is 4.98 Å². The van der Waals surface area contributed by atoms with E-state index in [4.69, 9.17) is 4.74 Å². The zero-order valence-corrected chi connectivity index (χ0v) is 12.6. The molecule has 0 atom stereocenters. The number of nitrogens with zero attached hydrogens (tertiary/aromatic N) is 2. The minimum absolute atomic E-state index is 0.737. The highest BCUT2D eigenvalue weighted by Crippen LogP contribution is 2.19.